The van der Waals surface area contributed by atoms with Gasteiger partial charge in [-0.05, 0) is 42.8 Å². The molecule has 0 amide bonds. The molecule has 5 heteroatoms. The van der Waals surface area contributed by atoms with E-state index in [1.807, 2.05) is 31.2 Å². The quantitative estimate of drug-likeness (QED) is 0.845. The van der Waals surface area contributed by atoms with Crippen LogP contribution in [0.15, 0.2) is 42.5 Å². The van der Waals surface area contributed by atoms with Crippen molar-refractivity contribution in [2.45, 2.75) is 13.5 Å². The summed E-state index contributed by atoms with van der Waals surface area (Å²) in [6.45, 7) is 3.08. The zero-order valence-corrected chi connectivity index (χ0v) is 12.4. The lowest BCUT2D eigenvalue weighted by atomic mass is 10.1. The van der Waals surface area contributed by atoms with Crippen LogP contribution in [0.5, 0.6) is 5.75 Å². The fraction of sp³-hybridized carbons (Fsp3) is 0.188. The highest BCUT2D eigenvalue weighted by atomic mass is 35.5. The monoisotopic (exact) mass is 305 g/mol. The van der Waals surface area contributed by atoms with E-state index in [2.05, 4.69) is 5.32 Å². The Morgan fingerprint density at radius 3 is 2.81 bits per heavy atom. The first-order chi connectivity index (χ1) is 10.1. The van der Waals surface area contributed by atoms with Gasteiger partial charge >= 0.3 is 5.97 Å². The largest absolute Gasteiger partial charge is 0.494 e. The highest BCUT2D eigenvalue weighted by molar-refractivity contribution is 6.33. The number of nitrogens with one attached hydrogen (secondary N) is 1. The molecule has 0 aromatic heterocycles. The maximum Gasteiger partial charge on any atom is 0.335 e. The summed E-state index contributed by atoms with van der Waals surface area (Å²) in [6, 6.07) is 12.3. The van der Waals surface area contributed by atoms with Crippen LogP contribution in [0, 0.1) is 0 Å². The van der Waals surface area contributed by atoms with Gasteiger partial charge in [-0.3, -0.25) is 0 Å². The molecule has 2 aromatic carbocycles. The average Bonchev–Trinajstić information content (AvgIpc) is 2.47. The van der Waals surface area contributed by atoms with Crippen LogP contribution < -0.4 is 10.1 Å². The van der Waals surface area contributed by atoms with Crippen LogP contribution >= 0.6 is 11.6 Å². The molecule has 0 aliphatic rings. The van der Waals surface area contributed by atoms with Gasteiger partial charge in [-0.15, -0.1) is 0 Å². The number of aromatic carboxylic acids is 1. The summed E-state index contributed by atoms with van der Waals surface area (Å²) in [5, 5.41) is 12.6. The van der Waals surface area contributed by atoms with Gasteiger partial charge in [0.15, 0.2) is 0 Å². The topological polar surface area (TPSA) is 58.6 Å². The smallest absolute Gasteiger partial charge is 0.335 e. The number of ether oxygens (including phenoxy) is 1. The Kier molecular flexibility index (Phi) is 5.06. The number of anilines is 1. The van der Waals surface area contributed by atoms with Crippen molar-refractivity contribution in [2.24, 2.45) is 0 Å². The van der Waals surface area contributed by atoms with Gasteiger partial charge in [0.05, 0.1) is 22.9 Å². The number of hydrogen-bond acceptors (Lipinski definition) is 3. The van der Waals surface area contributed by atoms with Crippen LogP contribution in [-0.2, 0) is 6.54 Å². The number of carbonyl (C=O) groups is 1. The molecule has 2 aromatic rings. The summed E-state index contributed by atoms with van der Waals surface area (Å²) >= 11 is 6.07. The van der Waals surface area contributed by atoms with Crippen LogP contribution in [-0.4, -0.2) is 17.7 Å². The second-order valence-electron chi connectivity index (χ2n) is 4.43. The zero-order valence-electron chi connectivity index (χ0n) is 11.6. The van der Waals surface area contributed by atoms with Crippen molar-refractivity contribution >= 4 is 23.3 Å². The van der Waals surface area contributed by atoms with Crippen LogP contribution in [0.2, 0.25) is 5.02 Å². The van der Waals surface area contributed by atoms with E-state index in [1.165, 1.54) is 12.1 Å². The molecule has 21 heavy (non-hydrogen) atoms. The summed E-state index contributed by atoms with van der Waals surface area (Å²) in [4.78, 5) is 11.0. The van der Waals surface area contributed by atoms with E-state index in [0.717, 1.165) is 11.3 Å². The Bertz CT molecular complexity index is 643. The summed E-state index contributed by atoms with van der Waals surface area (Å²) < 4.78 is 5.44. The molecule has 0 fully saturated rings. The molecule has 0 unspecified atom stereocenters. The first-order valence-corrected chi connectivity index (χ1v) is 6.96. The molecule has 0 saturated heterocycles. The van der Waals surface area contributed by atoms with Gasteiger partial charge in [0.25, 0.3) is 0 Å². The first kappa shape index (κ1) is 15.2. The lowest BCUT2D eigenvalue weighted by molar-refractivity contribution is 0.0697. The minimum Gasteiger partial charge on any atom is -0.494 e. The second-order valence-corrected chi connectivity index (χ2v) is 4.84. The van der Waals surface area contributed by atoms with E-state index in [-0.39, 0.29) is 5.56 Å². The van der Waals surface area contributed by atoms with Crippen molar-refractivity contribution in [3.05, 3.63) is 58.6 Å². The molecule has 0 saturated carbocycles. The van der Waals surface area contributed by atoms with Crippen molar-refractivity contribution in [3.63, 3.8) is 0 Å². The van der Waals surface area contributed by atoms with Gasteiger partial charge in [0.2, 0.25) is 0 Å². The molecular weight excluding hydrogens is 290 g/mol. The lowest BCUT2D eigenvalue weighted by Gasteiger charge is -2.10. The van der Waals surface area contributed by atoms with Gasteiger partial charge in [0, 0.05) is 6.54 Å². The Hall–Kier alpha value is -2.20. The Labute approximate surface area is 128 Å². The molecule has 2 N–H and O–H groups in total. The number of rotatable bonds is 6. The normalized spacial score (nSPS) is 10.2. The zero-order chi connectivity index (χ0) is 15.2. The van der Waals surface area contributed by atoms with Crippen molar-refractivity contribution < 1.29 is 14.6 Å². The molecule has 110 valence electrons. The van der Waals surface area contributed by atoms with Gasteiger partial charge in [-0.2, -0.15) is 0 Å². The molecule has 0 spiro atoms. The highest BCUT2D eigenvalue weighted by Gasteiger charge is 2.07. The van der Waals surface area contributed by atoms with E-state index in [9.17, 15) is 4.79 Å². The number of carboxylic acid groups (broad SMARTS) is 1. The van der Waals surface area contributed by atoms with E-state index >= 15 is 0 Å². The Morgan fingerprint density at radius 2 is 2.10 bits per heavy atom. The van der Waals surface area contributed by atoms with Gasteiger partial charge in [-0.25, -0.2) is 4.79 Å². The molecule has 2 rings (SSSR count). The third kappa shape index (κ3) is 4.13. The van der Waals surface area contributed by atoms with Crippen LogP contribution in [0.3, 0.4) is 0 Å². The van der Waals surface area contributed by atoms with Crippen molar-refractivity contribution in [2.75, 3.05) is 11.9 Å². The minimum atomic E-state index is -0.979. The van der Waals surface area contributed by atoms with E-state index < -0.39 is 5.97 Å². The third-order valence-electron chi connectivity index (χ3n) is 2.91. The van der Waals surface area contributed by atoms with E-state index in [0.29, 0.717) is 23.9 Å². The van der Waals surface area contributed by atoms with Crippen LogP contribution in [0.1, 0.15) is 22.8 Å². The fourth-order valence-electron chi connectivity index (χ4n) is 1.90. The van der Waals surface area contributed by atoms with E-state index in [1.54, 1.807) is 6.07 Å². The van der Waals surface area contributed by atoms with Crippen molar-refractivity contribution in [1.29, 1.82) is 0 Å². The van der Waals surface area contributed by atoms with Gasteiger partial charge in [0.1, 0.15) is 5.75 Å². The standard InChI is InChI=1S/C16H16ClNO3/c1-2-21-13-5-3-4-11(8-13)10-18-15-9-12(16(19)20)6-7-14(15)17/h3-9,18H,2,10H2,1H3,(H,19,20). The number of carboxylic acids is 1. The predicted octanol–water partition coefficient (Wildman–Crippen LogP) is 4.05. The number of halogens is 1. The van der Waals surface area contributed by atoms with E-state index in [4.69, 9.17) is 21.4 Å². The highest BCUT2D eigenvalue weighted by Crippen LogP contribution is 2.24. The lowest BCUT2D eigenvalue weighted by Crippen LogP contribution is -2.03. The number of hydrogen-bond donors (Lipinski definition) is 2. The average molecular weight is 306 g/mol. The maximum absolute atomic E-state index is 11.0. The number of benzene rings is 2. The summed E-state index contributed by atoms with van der Waals surface area (Å²) in [7, 11) is 0. The summed E-state index contributed by atoms with van der Waals surface area (Å²) in [6.07, 6.45) is 0. The van der Waals surface area contributed by atoms with Crippen molar-refractivity contribution in [3.8, 4) is 5.75 Å². The van der Waals surface area contributed by atoms with Crippen LogP contribution in [0.25, 0.3) is 0 Å². The predicted molar refractivity (Wildman–Crippen MR) is 83.3 cm³/mol. The van der Waals surface area contributed by atoms with Crippen molar-refractivity contribution in [1.82, 2.24) is 0 Å². The molecule has 0 heterocycles. The second kappa shape index (κ2) is 6.99. The maximum atomic E-state index is 11.0. The molecule has 0 aliphatic carbocycles. The molecule has 4 nitrogen and oxygen atoms in total. The fourth-order valence-corrected chi connectivity index (χ4v) is 2.09. The molecular formula is C16H16ClNO3. The molecule has 0 radical (unpaired) electrons. The molecule has 0 aliphatic heterocycles. The first-order valence-electron chi connectivity index (χ1n) is 6.58. The molecule has 0 atom stereocenters. The Morgan fingerprint density at radius 1 is 1.29 bits per heavy atom. The summed E-state index contributed by atoms with van der Waals surface area (Å²) in [5.74, 6) is -0.171. The minimum absolute atomic E-state index is 0.199. The molecule has 0 bridgehead atoms. The summed E-state index contributed by atoms with van der Waals surface area (Å²) in [5.41, 5.74) is 1.82. The van der Waals surface area contributed by atoms with Gasteiger partial charge < -0.3 is 15.2 Å². The van der Waals surface area contributed by atoms with Crippen LogP contribution in [0.4, 0.5) is 5.69 Å². The third-order valence-corrected chi connectivity index (χ3v) is 3.24. The van der Waals surface area contributed by atoms with Gasteiger partial charge in [-0.1, -0.05) is 23.7 Å². The SMILES string of the molecule is CCOc1cccc(CNc2cc(C(=O)O)ccc2Cl)c1. The Balaban J connectivity index is 2.10.